The highest BCUT2D eigenvalue weighted by atomic mass is 32.1. The number of thiophene rings is 1. The van der Waals surface area contributed by atoms with E-state index in [1.54, 1.807) is 5.19 Å². The fourth-order valence-electron chi connectivity index (χ4n) is 4.32. The summed E-state index contributed by atoms with van der Waals surface area (Å²) < 4.78 is 0. The Morgan fingerprint density at radius 2 is 1.33 bits per heavy atom. The van der Waals surface area contributed by atoms with Crippen LogP contribution in [-0.4, -0.2) is 8.07 Å². The van der Waals surface area contributed by atoms with Crippen molar-refractivity contribution in [2.45, 2.75) is 58.2 Å². The van der Waals surface area contributed by atoms with Gasteiger partial charge in [0.1, 0.15) is 0 Å². The Morgan fingerprint density at radius 3 is 1.81 bits per heavy atom. The minimum atomic E-state index is -1.51. The minimum Gasteiger partial charge on any atom is -0.144 e. The van der Waals surface area contributed by atoms with Gasteiger partial charge in [-0.15, -0.1) is 11.3 Å². The molecule has 0 aliphatic heterocycles. The third-order valence-electron chi connectivity index (χ3n) is 5.02. The summed E-state index contributed by atoms with van der Waals surface area (Å²) in [5, 5.41) is 4.11. The van der Waals surface area contributed by atoms with E-state index in [0.29, 0.717) is 0 Å². The number of benzene rings is 1. The van der Waals surface area contributed by atoms with E-state index in [1.807, 2.05) is 11.3 Å². The van der Waals surface area contributed by atoms with Gasteiger partial charge in [0.15, 0.2) is 0 Å². The largest absolute Gasteiger partial charge is 0.144 e. The molecule has 0 aliphatic carbocycles. The lowest BCUT2D eigenvalue weighted by Gasteiger charge is -2.43. The van der Waals surface area contributed by atoms with Crippen molar-refractivity contribution in [3.8, 4) is 10.4 Å². The molecule has 0 saturated carbocycles. The Labute approximate surface area is 135 Å². The van der Waals surface area contributed by atoms with Crippen LogP contribution in [0.1, 0.15) is 41.5 Å². The van der Waals surface area contributed by atoms with Gasteiger partial charge < -0.3 is 0 Å². The highest BCUT2D eigenvalue weighted by molar-refractivity contribution is 7.16. The normalized spacial score (nSPS) is 12.6. The quantitative estimate of drug-likeness (QED) is 0.568. The van der Waals surface area contributed by atoms with E-state index in [1.165, 1.54) is 10.4 Å². The van der Waals surface area contributed by atoms with E-state index in [2.05, 4.69) is 83.3 Å². The summed E-state index contributed by atoms with van der Waals surface area (Å²) in [6.45, 7) is 14.6. The fourth-order valence-corrected chi connectivity index (χ4v) is 12.6. The molecule has 0 N–H and O–H groups in total. The van der Waals surface area contributed by atoms with Gasteiger partial charge in [-0.2, -0.15) is 0 Å². The average molecular weight is 317 g/mol. The van der Waals surface area contributed by atoms with E-state index in [9.17, 15) is 0 Å². The molecule has 21 heavy (non-hydrogen) atoms. The van der Waals surface area contributed by atoms with Crippen molar-refractivity contribution in [2.24, 2.45) is 0 Å². The highest BCUT2D eigenvalue weighted by Crippen LogP contribution is 2.42. The van der Waals surface area contributed by atoms with Crippen molar-refractivity contribution < 1.29 is 0 Å². The molecule has 0 aliphatic rings. The molecule has 2 aromatic rings. The molecule has 0 bridgehead atoms. The molecule has 0 radical (unpaired) electrons. The van der Waals surface area contributed by atoms with Crippen molar-refractivity contribution >= 4 is 24.6 Å². The van der Waals surface area contributed by atoms with Crippen LogP contribution < -0.4 is 5.19 Å². The van der Waals surface area contributed by atoms with Gasteiger partial charge in [0, 0.05) is 4.88 Å². The Hall–Kier alpha value is -0.863. The summed E-state index contributed by atoms with van der Waals surface area (Å²) in [4.78, 5) is 1.42. The lowest BCUT2D eigenvalue weighted by atomic mass is 10.2. The Balaban J connectivity index is 2.51. The van der Waals surface area contributed by atoms with E-state index in [-0.39, 0.29) is 0 Å². The monoisotopic (exact) mass is 316 g/mol. The van der Waals surface area contributed by atoms with Crippen LogP contribution in [0.5, 0.6) is 0 Å². The first-order chi connectivity index (χ1) is 9.90. The van der Waals surface area contributed by atoms with Gasteiger partial charge >= 0.3 is 0 Å². The van der Waals surface area contributed by atoms with Gasteiger partial charge in [-0.1, -0.05) is 71.9 Å². The molecular formula is C19H28SSi. The molecule has 0 unspecified atom stereocenters. The van der Waals surface area contributed by atoms with Crippen LogP contribution in [0.2, 0.25) is 16.6 Å². The molecule has 1 aromatic carbocycles. The maximum atomic E-state index is 2.49. The van der Waals surface area contributed by atoms with Crippen LogP contribution >= 0.6 is 11.3 Å². The molecule has 0 atom stereocenters. The number of rotatable bonds is 5. The topological polar surface area (TPSA) is 0 Å². The van der Waals surface area contributed by atoms with E-state index >= 15 is 0 Å². The summed E-state index contributed by atoms with van der Waals surface area (Å²) in [6, 6.07) is 13.3. The second-order valence-corrected chi connectivity index (χ2v) is 13.8. The molecule has 0 saturated heterocycles. The van der Waals surface area contributed by atoms with Crippen LogP contribution in [0, 0.1) is 0 Å². The molecule has 114 valence electrons. The third kappa shape index (κ3) is 2.88. The predicted octanol–water partition coefficient (Wildman–Crippen LogP) is 6.30. The van der Waals surface area contributed by atoms with Crippen LogP contribution in [-0.2, 0) is 0 Å². The molecule has 0 fully saturated rings. The van der Waals surface area contributed by atoms with Crippen LogP contribution in [0.15, 0.2) is 41.8 Å². The summed E-state index contributed by atoms with van der Waals surface area (Å²) >= 11 is 1.92. The first kappa shape index (κ1) is 16.5. The second-order valence-electron chi connectivity index (χ2n) is 6.96. The van der Waals surface area contributed by atoms with E-state index in [0.717, 1.165) is 16.6 Å². The lowest BCUT2D eigenvalue weighted by Crippen LogP contribution is -2.55. The van der Waals surface area contributed by atoms with Crippen molar-refractivity contribution in [3.05, 3.63) is 41.8 Å². The fraction of sp³-hybridized carbons (Fsp3) is 0.474. The minimum absolute atomic E-state index is 0.774. The molecule has 2 rings (SSSR count). The first-order valence-corrected chi connectivity index (χ1v) is 11.2. The molecule has 2 heteroatoms. The van der Waals surface area contributed by atoms with Gasteiger partial charge in [0.05, 0.1) is 8.07 Å². The zero-order chi connectivity index (χ0) is 15.6. The first-order valence-electron chi connectivity index (χ1n) is 8.05. The standard InChI is InChI=1S/C19H28SSi/c1-14(2)21(15(3)4,16(5)6)18-12-19(20-13-18)17-10-8-7-9-11-17/h7-16H,1-6H3. The molecule has 1 heterocycles. The van der Waals surface area contributed by atoms with Crippen LogP contribution in [0.3, 0.4) is 0 Å². The van der Waals surface area contributed by atoms with Crippen molar-refractivity contribution in [1.29, 1.82) is 0 Å². The molecule has 0 spiro atoms. The van der Waals surface area contributed by atoms with Gasteiger partial charge in [0.25, 0.3) is 0 Å². The zero-order valence-corrected chi connectivity index (χ0v) is 16.0. The van der Waals surface area contributed by atoms with Crippen LogP contribution in [0.4, 0.5) is 0 Å². The average Bonchev–Trinajstić information content (AvgIpc) is 2.89. The molecule has 1 aromatic heterocycles. The second kappa shape index (κ2) is 6.49. The molecular weight excluding hydrogens is 288 g/mol. The Bertz CT molecular complexity index is 544. The van der Waals surface area contributed by atoms with E-state index in [4.69, 9.17) is 0 Å². The SMILES string of the molecule is CC(C)[Si](c1csc(-c2ccccc2)c1)(C(C)C)C(C)C. The van der Waals surface area contributed by atoms with E-state index < -0.39 is 8.07 Å². The predicted molar refractivity (Wildman–Crippen MR) is 100 cm³/mol. The summed E-state index contributed by atoms with van der Waals surface area (Å²) in [6.07, 6.45) is 0. The zero-order valence-electron chi connectivity index (χ0n) is 14.2. The van der Waals surface area contributed by atoms with Crippen molar-refractivity contribution in [2.75, 3.05) is 0 Å². The summed E-state index contributed by atoms with van der Waals surface area (Å²) in [5.74, 6) is 0. The maximum Gasteiger partial charge on any atom is 0.0953 e. The Kier molecular flexibility index (Phi) is 5.10. The maximum absolute atomic E-state index is 2.49. The molecule has 0 amide bonds. The third-order valence-corrected chi connectivity index (χ3v) is 13.2. The molecule has 0 nitrogen and oxygen atoms in total. The van der Waals surface area contributed by atoms with Gasteiger partial charge in [-0.25, -0.2) is 0 Å². The van der Waals surface area contributed by atoms with Crippen LogP contribution in [0.25, 0.3) is 10.4 Å². The van der Waals surface area contributed by atoms with Gasteiger partial charge in [0.2, 0.25) is 0 Å². The van der Waals surface area contributed by atoms with Gasteiger partial charge in [-0.05, 0) is 38.8 Å². The highest BCUT2D eigenvalue weighted by Gasteiger charge is 2.44. The number of hydrogen-bond acceptors (Lipinski definition) is 1. The Morgan fingerprint density at radius 1 is 0.810 bits per heavy atom. The lowest BCUT2D eigenvalue weighted by molar-refractivity contribution is 0.835. The smallest absolute Gasteiger partial charge is 0.0953 e. The number of hydrogen-bond donors (Lipinski definition) is 0. The van der Waals surface area contributed by atoms with Crippen molar-refractivity contribution in [3.63, 3.8) is 0 Å². The summed E-state index contributed by atoms with van der Waals surface area (Å²) in [5.41, 5.74) is 3.68. The van der Waals surface area contributed by atoms with Gasteiger partial charge in [-0.3, -0.25) is 0 Å². The van der Waals surface area contributed by atoms with Crippen molar-refractivity contribution in [1.82, 2.24) is 0 Å². The summed E-state index contributed by atoms with van der Waals surface area (Å²) in [7, 11) is -1.51.